The lowest BCUT2D eigenvalue weighted by molar-refractivity contribution is -0.137. The van der Waals surface area contributed by atoms with Gasteiger partial charge in [0.1, 0.15) is 0 Å². The van der Waals surface area contributed by atoms with Crippen molar-refractivity contribution in [1.82, 2.24) is 4.90 Å². The van der Waals surface area contributed by atoms with Gasteiger partial charge in [0.25, 0.3) is 0 Å². The third kappa shape index (κ3) is 3.93. The molecule has 1 saturated heterocycles. The van der Waals surface area contributed by atoms with Crippen molar-refractivity contribution in [2.24, 2.45) is 5.92 Å². The normalized spacial score (nSPS) is 19.4. The number of aliphatic carboxylic acids is 1. The Kier molecular flexibility index (Phi) is 4.84. The Balaban J connectivity index is 2.26. The second-order valence-corrected chi connectivity index (χ2v) is 4.13. The molecule has 16 heavy (non-hydrogen) atoms. The van der Waals surface area contributed by atoms with Crippen molar-refractivity contribution in [3.8, 4) is 12.3 Å². The molecule has 1 rings (SSSR count). The molecular weight excluding hydrogens is 206 g/mol. The molecule has 0 spiro atoms. The number of amides is 1. The summed E-state index contributed by atoms with van der Waals surface area (Å²) < 4.78 is 0. The van der Waals surface area contributed by atoms with E-state index < -0.39 is 5.97 Å². The Bertz CT molecular complexity index is 306. The highest BCUT2D eigenvalue weighted by Gasteiger charge is 2.25. The zero-order valence-electron chi connectivity index (χ0n) is 9.32. The predicted molar refractivity (Wildman–Crippen MR) is 59.6 cm³/mol. The first kappa shape index (κ1) is 12.6. The highest BCUT2D eigenvalue weighted by atomic mass is 16.4. The average molecular weight is 223 g/mol. The van der Waals surface area contributed by atoms with Crippen LogP contribution in [-0.2, 0) is 9.59 Å². The fraction of sp³-hybridized carbons (Fsp3) is 0.667. The van der Waals surface area contributed by atoms with E-state index in [1.807, 2.05) is 0 Å². The van der Waals surface area contributed by atoms with Crippen molar-refractivity contribution in [2.75, 3.05) is 13.1 Å². The Morgan fingerprint density at radius 2 is 2.19 bits per heavy atom. The lowest BCUT2D eigenvalue weighted by atomic mass is 10.0. The van der Waals surface area contributed by atoms with Gasteiger partial charge in [-0.15, -0.1) is 12.3 Å². The molecule has 4 nitrogen and oxygen atoms in total. The molecule has 1 fully saturated rings. The van der Waals surface area contributed by atoms with E-state index in [0.29, 0.717) is 31.7 Å². The second kappa shape index (κ2) is 6.16. The maximum absolute atomic E-state index is 11.6. The molecule has 0 aromatic heterocycles. The van der Waals surface area contributed by atoms with Gasteiger partial charge in [-0.3, -0.25) is 9.59 Å². The van der Waals surface area contributed by atoms with Gasteiger partial charge in [0.05, 0.1) is 0 Å². The zero-order chi connectivity index (χ0) is 12.0. The molecule has 0 radical (unpaired) electrons. The molecule has 4 heteroatoms. The summed E-state index contributed by atoms with van der Waals surface area (Å²) in [6, 6.07) is 0. The number of rotatable bonds is 5. The number of carbonyl (C=O) groups excluding carboxylic acids is 1. The monoisotopic (exact) mass is 223 g/mol. The van der Waals surface area contributed by atoms with Crippen LogP contribution in [0.1, 0.15) is 32.1 Å². The van der Waals surface area contributed by atoms with Crippen LogP contribution >= 0.6 is 0 Å². The Hall–Kier alpha value is -1.50. The van der Waals surface area contributed by atoms with Gasteiger partial charge in [0.2, 0.25) is 5.91 Å². The number of hydrogen-bond acceptors (Lipinski definition) is 2. The minimum Gasteiger partial charge on any atom is -0.481 e. The van der Waals surface area contributed by atoms with E-state index in [0.717, 1.165) is 13.0 Å². The molecule has 1 heterocycles. The molecule has 0 bridgehead atoms. The highest BCUT2D eigenvalue weighted by Crippen LogP contribution is 2.21. The van der Waals surface area contributed by atoms with Crippen molar-refractivity contribution < 1.29 is 14.7 Å². The van der Waals surface area contributed by atoms with Gasteiger partial charge in [0, 0.05) is 32.4 Å². The number of hydrogen-bond donors (Lipinski definition) is 1. The molecular formula is C12H17NO3. The molecule has 0 aromatic rings. The molecule has 1 N–H and O–H groups in total. The molecule has 1 unspecified atom stereocenters. The summed E-state index contributed by atoms with van der Waals surface area (Å²) in [5, 5.41) is 8.56. The van der Waals surface area contributed by atoms with Gasteiger partial charge < -0.3 is 10.0 Å². The quantitative estimate of drug-likeness (QED) is 0.710. The van der Waals surface area contributed by atoms with Crippen molar-refractivity contribution in [3.63, 3.8) is 0 Å². The van der Waals surface area contributed by atoms with E-state index >= 15 is 0 Å². The molecule has 1 aliphatic heterocycles. The molecule has 0 aromatic carbocycles. The van der Waals surface area contributed by atoms with Crippen molar-refractivity contribution in [3.05, 3.63) is 0 Å². The van der Waals surface area contributed by atoms with Crippen molar-refractivity contribution >= 4 is 11.9 Å². The minimum atomic E-state index is -0.767. The topological polar surface area (TPSA) is 57.6 Å². The van der Waals surface area contributed by atoms with Crippen LogP contribution in [0, 0.1) is 18.3 Å². The standard InChI is InChI=1S/C12H17NO3/c1-2-3-4-11(14)13-8-7-10(9-13)5-6-12(15)16/h1,10H,3-9H2,(H,15,16). The van der Waals surface area contributed by atoms with Gasteiger partial charge in [-0.05, 0) is 18.8 Å². The van der Waals surface area contributed by atoms with Crippen LogP contribution in [0.2, 0.25) is 0 Å². The van der Waals surface area contributed by atoms with Crippen LogP contribution in [0.4, 0.5) is 0 Å². The number of carbonyl (C=O) groups is 2. The Morgan fingerprint density at radius 3 is 2.81 bits per heavy atom. The van der Waals surface area contributed by atoms with E-state index in [1.165, 1.54) is 0 Å². The number of terminal acetylenes is 1. The minimum absolute atomic E-state index is 0.0933. The van der Waals surface area contributed by atoms with Gasteiger partial charge in [-0.2, -0.15) is 0 Å². The Labute approximate surface area is 95.6 Å². The van der Waals surface area contributed by atoms with E-state index in [1.54, 1.807) is 4.90 Å². The summed E-state index contributed by atoms with van der Waals surface area (Å²) in [6.45, 7) is 1.43. The maximum Gasteiger partial charge on any atom is 0.303 e. The maximum atomic E-state index is 11.6. The van der Waals surface area contributed by atoms with Crippen molar-refractivity contribution in [2.45, 2.75) is 32.1 Å². The lowest BCUT2D eigenvalue weighted by Gasteiger charge is -2.15. The number of nitrogens with zero attached hydrogens (tertiary/aromatic N) is 1. The van der Waals surface area contributed by atoms with E-state index in [2.05, 4.69) is 5.92 Å². The molecule has 1 amide bonds. The summed E-state index contributed by atoms with van der Waals surface area (Å²) >= 11 is 0. The lowest BCUT2D eigenvalue weighted by Crippen LogP contribution is -2.28. The predicted octanol–water partition coefficient (Wildman–Crippen LogP) is 1.11. The van der Waals surface area contributed by atoms with Crippen LogP contribution in [0.25, 0.3) is 0 Å². The number of carboxylic acids is 1. The van der Waals surface area contributed by atoms with Crippen LogP contribution < -0.4 is 0 Å². The van der Waals surface area contributed by atoms with Gasteiger partial charge in [-0.25, -0.2) is 0 Å². The molecule has 1 atom stereocenters. The third-order valence-corrected chi connectivity index (χ3v) is 2.89. The SMILES string of the molecule is C#CCCC(=O)N1CCC(CCC(=O)O)C1. The second-order valence-electron chi connectivity index (χ2n) is 4.13. The fourth-order valence-electron chi connectivity index (χ4n) is 1.96. The Morgan fingerprint density at radius 1 is 1.44 bits per heavy atom. The van der Waals surface area contributed by atoms with E-state index in [-0.39, 0.29) is 12.3 Å². The van der Waals surface area contributed by atoms with Crippen LogP contribution in [0.3, 0.4) is 0 Å². The average Bonchev–Trinajstić information content (AvgIpc) is 2.71. The summed E-state index contributed by atoms with van der Waals surface area (Å²) in [5.41, 5.74) is 0. The van der Waals surface area contributed by atoms with E-state index in [9.17, 15) is 9.59 Å². The zero-order valence-corrected chi connectivity index (χ0v) is 9.32. The smallest absolute Gasteiger partial charge is 0.303 e. The first-order chi connectivity index (χ1) is 7.63. The number of likely N-dealkylation sites (tertiary alicyclic amines) is 1. The molecule has 0 aliphatic carbocycles. The third-order valence-electron chi connectivity index (χ3n) is 2.89. The van der Waals surface area contributed by atoms with Gasteiger partial charge >= 0.3 is 5.97 Å². The summed E-state index contributed by atoms with van der Waals surface area (Å²) in [7, 11) is 0. The summed E-state index contributed by atoms with van der Waals surface area (Å²) in [4.78, 5) is 23.8. The van der Waals surface area contributed by atoms with Crippen LogP contribution in [-0.4, -0.2) is 35.0 Å². The first-order valence-electron chi connectivity index (χ1n) is 5.56. The summed E-state index contributed by atoms with van der Waals surface area (Å²) in [5.74, 6) is 2.11. The fourth-order valence-corrected chi connectivity index (χ4v) is 1.96. The van der Waals surface area contributed by atoms with Crippen LogP contribution in [0.5, 0.6) is 0 Å². The van der Waals surface area contributed by atoms with Gasteiger partial charge in [0.15, 0.2) is 0 Å². The first-order valence-corrected chi connectivity index (χ1v) is 5.56. The van der Waals surface area contributed by atoms with Crippen LogP contribution in [0.15, 0.2) is 0 Å². The molecule has 88 valence electrons. The highest BCUT2D eigenvalue weighted by molar-refractivity contribution is 5.76. The van der Waals surface area contributed by atoms with Gasteiger partial charge in [-0.1, -0.05) is 0 Å². The molecule has 0 saturated carbocycles. The number of carboxylic acid groups (broad SMARTS) is 1. The summed E-state index contributed by atoms with van der Waals surface area (Å²) in [6.07, 6.45) is 7.75. The van der Waals surface area contributed by atoms with Crippen molar-refractivity contribution in [1.29, 1.82) is 0 Å². The molecule has 1 aliphatic rings. The van der Waals surface area contributed by atoms with E-state index in [4.69, 9.17) is 11.5 Å². The largest absolute Gasteiger partial charge is 0.481 e.